The molecule has 1 aliphatic carbocycles. The number of methoxy groups -OCH3 is 1. The lowest BCUT2D eigenvalue weighted by atomic mass is 9.78. The zero-order valence-corrected chi connectivity index (χ0v) is 11.8. The van der Waals surface area contributed by atoms with Crippen molar-refractivity contribution in [3.63, 3.8) is 0 Å². The monoisotopic (exact) mass is 258 g/mol. The third-order valence-corrected chi connectivity index (χ3v) is 4.75. The molecule has 2 N–H and O–H groups in total. The number of hydrogen-bond donors (Lipinski definition) is 1. The van der Waals surface area contributed by atoms with Crippen molar-refractivity contribution in [2.45, 2.75) is 31.1 Å². The molecule has 1 aliphatic rings. The number of rotatable bonds is 3. The predicted molar refractivity (Wildman–Crippen MR) is 78.7 cm³/mol. The molecule has 1 aromatic heterocycles. The third-order valence-electron chi connectivity index (χ3n) is 4.75. The average molecular weight is 258 g/mol. The maximum Gasteiger partial charge on any atom is 0.128 e. The molecule has 1 aromatic carbocycles. The number of nitrogens with two attached hydrogens (primary N) is 1. The second-order valence-corrected chi connectivity index (χ2v) is 5.73. The number of aryl methyl sites for hydroxylation is 1. The molecular weight excluding hydrogens is 236 g/mol. The van der Waals surface area contributed by atoms with Crippen molar-refractivity contribution in [3.05, 3.63) is 30.0 Å². The summed E-state index contributed by atoms with van der Waals surface area (Å²) in [6.07, 6.45) is 7.04. The molecule has 102 valence electrons. The molecule has 2 aromatic rings. The van der Waals surface area contributed by atoms with Crippen molar-refractivity contribution in [2.75, 3.05) is 13.7 Å². The molecule has 0 aliphatic heterocycles. The maximum atomic E-state index is 6.10. The van der Waals surface area contributed by atoms with Crippen LogP contribution in [0.5, 0.6) is 5.75 Å². The summed E-state index contributed by atoms with van der Waals surface area (Å²) < 4.78 is 7.73. The molecule has 0 unspecified atom stereocenters. The first-order valence-corrected chi connectivity index (χ1v) is 7.04. The Morgan fingerprint density at radius 1 is 1.32 bits per heavy atom. The fraction of sp³-hybridized carbons (Fsp3) is 0.500. The van der Waals surface area contributed by atoms with Crippen LogP contribution in [0.4, 0.5) is 0 Å². The highest BCUT2D eigenvalue weighted by Gasteiger charge is 2.35. The predicted octanol–water partition coefficient (Wildman–Crippen LogP) is 2.96. The minimum atomic E-state index is 0.158. The van der Waals surface area contributed by atoms with Crippen LogP contribution in [-0.4, -0.2) is 18.2 Å². The quantitative estimate of drug-likeness (QED) is 0.919. The summed E-state index contributed by atoms with van der Waals surface area (Å²) in [7, 11) is 3.82. The van der Waals surface area contributed by atoms with Gasteiger partial charge in [0.25, 0.3) is 0 Å². The van der Waals surface area contributed by atoms with Crippen molar-refractivity contribution < 1.29 is 4.74 Å². The van der Waals surface area contributed by atoms with Crippen LogP contribution < -0.4 is 10.5 Å². The fourth-order valence-electron chi connectivity index (χ4n) is 3.48. The van der Waals surface area contributed by atoms with Gasteiger partial charge in [0.05, 0.1) is 12.6 Å². The van der Waals surface area contributed by atoms with Gasteiger partial charge in [-0.15, -0.1) is 0 Å². The van der Waals surface area contributed by atoms with Gasteiger partial charge in [-0.3, -0.25) is 0 Å². The van der Waals surface area contributed by atoms with Gasteiger partial charge >= 0.3 is 0 Å². The van der Waals surface area contributed by atoms with Gasteiger partial charge in [0.2, 0.25) is 0 Å². The smallest absolute Gasteiger partial charge is 0.128 e. The molecule has 0 bridgehead atoms. The van der Waals surface area contributed by atoms with Gasteiger partial charge in [-0.25, -0.2) is 0 Å². The van der Waals surface area contributed by atoms with E-state index < -0.39 is 0 Å². The molecule has 0 amide bonds. The lowest BCUT2D eigenvalue weighted by Crippen LogP contribution is -2.32. The van der Waals surface area contributed by atoms with E-state index >= 15 is 0 Å². The van der Waals surface area contributed by atoms with Gasteiger partial charge in [-0.2, -0.15) is 0 Å². The molecule has 1 fully saturated rings. The number of aromatic nitrogens is 1. The first-order chi connectivity index (χ1) is 9.20. The number of nitrogens with zero attached hydrogens (tertiary/aromatic N) is 1. The third kappa shape index (κ3) is 1.84. The zero-order chi connectivity index (χ0) is 13.5. The second kappa shape index (κ2) is 4.57. The lowest BCUT2D eigenvalue weighted by molar-refractivity contribution is 0.412. The van der Waals surface area contributed by atoms with Gasteiger partial charge in [0.1, 0.15) is 5.75 Å². The summed E-state index contributed by atoms with van der Waals surface area (Å²) in [5.41, 5.74) is 8.84. The highest BCUT2D eigenvalue weighted by atomic mass is 16.5. The van der Waals surface area contributed by atoms with Crippen LogP contribution in [0.2, 0.25) is 0 Å². The summed E-state index contributed by atoms with van der Waals surface area (Å²) >= 11 is 0. The van der Waals surface area contributed by atoms with Gasteiger partial charge in [0, 0.05) is 30.6 Å². The molecule has 3 heteroatoms. The van der Waals surface area contributed by atoms with E-state index in [1.165, 1.54) is 42.1 Å². The van der Waals surface area contributed by atoms with Gasteiger partial charge < -0.3 is 15.0 Å². The Morgan fingerprint density at radius 2 is 2.05 bits per heavy atom. The Morgan fingerprint density at radius 3 is 2.68 bits per heavy atom. The van der Waals surface area contributed by atoms with Crippen molar-refractivity contribution in [1.29, 1.82) is 0 Å². The van der Waals surface area contributed by atoms with Crippen LogP contribution in [0.3, 0.4) is 0 Å². The van der Waals surface area contributed by atoms with Crippen LogP contribution in [0.1, 0.15) is 31.2 Å². The summed E-state index contributed by atoms with van der Waals surface area (Å²) in [6, 6.07) is 6.61. The Balaban J connectivity index is 2.21. The van der Waals surface area contributed by atoms with E-state index in [9.17, 15) is 0 Å². The van der Waals surface area contributed by atoms with E-state index in [1.807, 2.05) is 0 Å². The van der Waals surface area contributed by atoms with E-state index in [1.54, 1.807) is 7.11 Å². The van der Waals surface area contributed by atoms with Crippen molar-refractivity contribution in [3.8, 4) is 5.75 Å². The zero-order valence-electron chi connectivity index (χ0n) is 11.8. The first kappa shape index (κ1) is 12.5. The number of ether oxygens (including phenoxy) is 1. The topological polar surface area (TPSA) is 40.2 Å². The Hall–Kier alpha value is -1.48. The largest absolute Gasteiger partial charge is 0.496 e. The molecule has 1 heterocycles. The van der Waals surface area contributed by atoms with Crippen LogP contribution in [0, 0.1) is 0 Å². The SMILES string of the molecule is COc1cc(C2(CN)CCCC2)cc2c1ccn2C. The van der Waals surface area contributed by atoms with Crippen molar-refractivity contribution in [1.82, 2.24) is 4.57 Å². The molecule has 0 spiro atoms. The van der Waals surface area contributed by atoms with Crippen LogP contribution >= 0.6 is 0 Å². The van der Waals surface area contributed by atoms with Gasteiger partial charge in [0.15, 0.2) is 0 Å². The Kier molecular flexibility index (Phi) is 3.02. The molecule has 0 atom stereocenters. The molecule has 0 radical (unpaired) electrons. The van der Waals surface area contributed by atoms with Gasteiger partial charge in [-0.1, -0.05) is 12.8 Å². The molecule has 3 rings (SSSR count). The highest BCUT2D eigenvalue weighted by Crippen LogP contribution is 2.43. The van der Waals surface area contributed by atoms with Crippen molar-refractivity contribution in [2.24, 2.45) is 12.8 Å². The minimum absolute atomic E-state index is 0.158. The fourth-order valence-corrected chi connectivity index (χ4v) is 3.48. The summed E-state index contributed by atoms with van der Waals surface area (Å²) in [5.74, 6) is 0.966. The number of fused-ring (bicyclic) bond motifs is 1. The minimum Gasteiger partial charge on any atom is -0.496 e. The Bertz CT molecular complexity index is 594. The average Bonchev–Trinajstić information content (AvgIpc) is 3.06. The normalized spacial score (nSPS) is 18.1. The standard InChI is InChI=1S/C16H22N2O/c1-18-8-5-13-14(18)9-12(10-15(13)19-2)16(11-17)6-3-4-7-16/h5,8-10H,3-4,6-7,11,17H2,1-2H3. The molecular formula is C16H22N2O. The summed E-state index contributed by atoms with van der Waals surface area (Å²) in [4.78, 5) is 0. The van der Waals surface area contributed by atoms with E-state index in [-0.39, 0.29) is 5.41 Å². The number of hydrogen-bond acceptors (Lipinski definition) is 2. The van der Waals surface area contributed by atoms with E-state index in [4.69, 9.17) is 10.5 Å². The molecule has 0 saturated heterocycles. The van der Waals surface area contributed by atoms with Crippen molar-refractivity contribution >= 4 is 10.9 Å². The van der Waals surface area contributed by atoms with Crippen LogP contribution in [-0.2, 0) is 12.5 Å². The molecule has 1 saturated carbocycles. The van der Waals surface area contributed by atoms with E-state index in [0.29, 0.717) is 0 Å². The van der Waals surface area contributed by atoms with Crippen LogP contribution in [0.15, 0.2) is 24.4 Å². The van der Waals surface area contributed by atoms with Gasteiger partial charge in [-0.05, 0) is 36.6 Å². The molecule has 19 heavy (non-hydrogen) atoms. The lowest BCUT2D eigenvalue weighted by Gasteiger charge is -2.28. The number of benzene rings is 1. The summed E-state index contributed by atoms with van der Waals surface area (Å²) in [6.45, 7) is 0.728. The highest BCUT2D eigenvalue weighted by molar-refractivity contribution is 5.87. The maximum absolute atomic E-state index is 6.10. The second-order valence-electron chi connectivity index (χ2n) is 5.73. The Labute approximate surface area is 114 Å². The van der Waals surface area contributed by atoms with Crippen LogP contribution in [0.25, 0.3) is 10.9 Å². The van der Waals surface area contributed by atoms with E-state index in [0.717, 1.165) is 12.3 Å². The van der Waals surface area contributed by atoms with E-state index in [2.05, 4.69) is 36.0 Å². The molecule has 3 nitrogen and oxygen atoms in total. The summed E-state index contributed by atoms with van der Waals surface area (Å²) in [5, 5.41) is 1.18. The first-order valence-electron chi connectivity index (χ1n) is 7.04.